The van der Waals surface area contributed by atoms with Crippen molar-refractivity contribution < 1.29 is 19.1 Å². The molecule has 31 heavy (non-hydrogen) atoms. The molecule has 1 fully saturated rings. The van der Waals surface area contributed by atoms with Crippen molar-refractivity contribution in [2.45, 2.75) is 65.3 Å². The Bertz CT molecular complexity index is 878. The van der Waals surface area contributed by atoms with Crippen molar-refractivity contribution >= 4 is 23.5 Å². The average molecular weight is 429 g/mol. The highest BCUT2D eigenvalue weighted by molar-refractivity contribution is 6.08. The Morgan fingerprint density at radius 1 is 1.32 bits per heavy atom. The largest absolute Gasteiger partial charge is 0.516 e. The predicted molar refractivity (Wildman–Crippen MR) is 117 cm³/mol. The van der Waals surface area contributed by atoms with Crippen LogP contribution in [0.15, 0.2) is 30.2 Å². The van der Waals surface area contributed by atoms with Crippen molar-refractivity contribution in [3.8, 4) is 0 Å². The summed E-state index contributed by atoms with van der Waals surface area (Å²) in [5, 5.41) is 15.7. The fraction of sp³-hybridized carbons (Fsp3) is 0.565. The lowest BCUT2D eigenvalue weighted by molar-refractivity contribution is -0.141. The second-order valence-corrected chi connectivity index (χ2v) is 8.43. The number of esters is 1. The topological polar surface area (TPSA) is 106 Å². The highest BCUT2D eigenvalue weighted by Crippen LogP contribution is 2.37. The van der Waals surface area contributed by atoms with Crippen LogP contribution in [-0.4, -0.2) is 34.3 Å². The number of ether oxygens (including phenoxy) is 2. The maximum absolute atomic E-state index is 12.4. The molecule has 1 atom stereocenters. The first kappa shape index (κ1) is 22.8. The maximum Gasteiger partial charge on any atom is 0.516 e. The molecule has 0 saturated heterocycles. The number of nitrogens with one attached hydrogen (secondary N) is 2. The quantitative estimate of drug-likeness (QED) is 0.463. The lowest BCUT2D eigenvalue weighted by atomic mass is 9.92. The summed E-state index contributed by atoms with van der Waals surface area (Å²) in [6.45, 7) is 6.28. The number of aromatic nitrogens is 2. The van der Waals surface area contributed by atoms with Crippen LogP contribution in [0.25, 0.3) is 5.57 Å². The lowest BCUT2D eigenvalue weighted by Gasteiger charge is -2.23. The molecular formula is C23H32N4O4. The van der Waals surface area contributed by atoms with Crippen LogP contribution in [-0.2, 0) is 14.3 Å². The third-order valence-electron chi connectivity index (χ3n) is 5.81. The van der Waals surface area contributed by atoms with E-state index in [1.165, 1.54) is 0 Å². The van der Waals surface area contributed by atoms with Gasteiger partial charge in [0.2, 0.25) is 0 Å². The van der Waals surface area contributed by atoms with E-state index in [-0.39, 0.29) is 25.0 Å². The molecule has 0 amide bonds. The fourth-order valence-electron chi connectivity index (χ4n) is 4.39. The van der Waals surface area contributed by atoms with Crippen LogP contribution < -0.4 is 5.32 Å². The molecule has 1 aromatic rings. The Labute approximate surface area is 183 Å². The van der Waals surface area contributed by atoms with Crippen LogP contribution >= 0.6 is 0 Å². The minimum atomic E-state index is -0.941. The molecule has 1 saturated carbocycles. The molecule has 1 aromatic heterocycles. The van der Waals surface area contributed by atoms with Gasteiger partial charge in [-0.2, -0.15) is 5.10 Å². The van der Waals surface area contributed by atoms with Gasteiger partial charge in [0, 0.05) is 23.5 Å². The van der Waals surface area contributed by atoms with Crippen molar-refractivity contribution in [1.29, 1.82) is 5.41 Å². The molecule has 2 aliphatic rings. The van der Waals surface area contributed by atoms with Crippen LogP contribution in [0.5, 0.6) is 0 Å². The van der Waals surface area contributed by atoms with Gasteiger partial charge in [-0.15, -0.1) is 0 Å². The van der Waals surface area contributed by atoms with E-state index in [2.05, 4.69) is 24.3 Å². The second kappa shape index (κ2) is 10.4. The molecule has 2 N–H and O–H groups in total. The van der Waals surface area contributed by atoms with Crippen LogP contribution in [0.2, 0.25) is 0 Å². The zero-order valence-electron chi connectivity index (χ0n) is 18.5. The van der Waals surface area contributed by atoms with E-state index in [9.17, 15) is 9.59 Å². The van der Waals surface area contributed by atoms with Crippen LogP contribution in [0.1, 0.15) is 70.9 Å². The van der Waals surface area contributed by atoms with E-state index in [4.69, 9.17) is 14.9 Å². The highest BCUT2D eigenvalue weighted by atomic mass is 16.7. The number of rotatable bonds is 8. The monoisotopic (exact) mass is 428 g/mol. The summed E-state index contributed by atoms with van der Waals surface area (Å²) in [6, 6.07) is -0.183. The molecule has 0 spiro atoms. The molecule has 1 unspecified atom stereocenters. The van der Waals surface area contributed by atoms with E-state index >= 15 is 0 Å². The first-order valence-electron chi connectivity index (χ1n) is 11.1. The Morgan fingerprint density at radius 2 is 2.06 bits per heavy atom. The van der Waals surface area contributed by atoms with Crippen LogP contribution in [0, 0.1) is 17.2 Å². The number of amidine groups is 1. The highest BCUT2D eigenvalue weighted by Gasteiger charge is 2.31. The van der Waals surface area contributed by atoms with Gasteiger partial charge >= 0.3 is 12.1 Å². The van der Waals surface area contributed by atoms with E-state index in [0.29, 0.717) is 18.2 Å². The standard InChI is InChI=1S/C23H32N4O4/c1-4-11-30-23(29)31-20(28)12-19(16-7-5-6-8-16)27-14-17(13-26-27)21(15(2)3)18-9-10-25-22(18)24/h9-10,13-16,19H,4-8,11-12H2,1-3H3,(H2,24,25)/b21-18+. The van der Waals surface area contributed by atoms with Gasteiger partial charge in [0.25, 0.3) is 0 Å². The van der Waals surface area contributed by atoms with Crippen molar-refractivity contribution in [3.05, 3.63) is 35.8 Å². The number of allylic oxidation sites excluding steroid dienone is 1. The Kier molecular flexibility index (Phi) is 7.65. The van der Waals surface area contributed by atoms with Crippen LogP contribution in [0.4, 0.5) is 4.79 Å². The number of nitrogens with zero attached hydrogens (tertiary/aromatic N) is 2. The van der Waals surface area contributed by atoms with Gasteiger partial charge in [-0.05, 0) is 42.7 Å². The van der Waals surface area contributed by atoms with Crippen LogP contribution in [0.3, 0.4) is 0 Å². The van der Waals surface area contributed by atoms with Crippen molar-refractivity contribution in [3.63, 3.8) is 0 Å². The van der Waals surface area contributed by atoms with Crippen molar-refractivity contribution in [1.82, 2.24) is 15.1 Å². The van der Waals surface area contributed by atoms with E-state index in [1.807, 2.05) is 23.9 Å². The normalized spacial score (nSPS) is 18.9. The molecule has 0 bridgehead atoms. The van der Waals surface area contributed by atoms with Gasteiger partial charge in [0.05, 0.1) is 25.3 Å². The van der Waals surface area contributed by atoms with Gasteiger partial charge in [0.1, 0.15) is 5.84 Å². The summed E-state index contributed by atoms with van der Waals surface area (Å²) in [7, 11) is 0. The maximum atomic E-state index is 12.4. The Balaban J connectivity index is 1.82. The zero-order valence-corrected chi connectivity index (χ0v) is 18.5. The minimum Gasteiger partial charge on any atom is -0.434 e. The minimum absolute atomic E-state index is 0.0673. The van der Waals surface area contributed by atoms with Gasteiger partial charge in [-0.1, -0.05) is 33.6 Å². The molecule has 3 rings (SSSR count). The van der Waals surface area contributed by atoms with E-state index < -0.39 is 12.1 Å². The van der Waals surface area contributed by atoms with Gasteiger partial charge in [-0.3, -0.25) is 14.9 Å². The van der Waals surface area contributed by atoms with E-state index in [0.717, 1.165) is 42.4 Å². The van der Waals surface area contributed by atoms with Crippen molar-refractivity contribution in [2.24, 2.45) is 11.8 Å². The SMILES string of the molecule is CCCOC(=O)OC(=O)CC(C1CCCC1)n1cc(/C(=C2\C=CNC2=N)C(C)C)cn1. The zero-order chi connectivity index (χ0) is 22.4. The summed E-state index contributed by atoms with van der Waals surface area (Å²) in [5.74, 6) is 0.273. The molecule has 0 aromatic carbocycles. The fourth-order valence-corrected chi connectivity index (χ4v) is 4.39. The predicted octanol–water partition coefficient (Wildman–Crippen LogP) is 4.60. The second-order valence-electron chi connectivity index (χ2n) is 8.43. The molecule has 168 valence electrons. The Morgan fingerprint density at radius 3 is 2.68 bits per heavy atom. The lowest BCUT2D eigenvalue weighted by Crippen LogP contribution is -2.24. The number of hydrogen-bond donors (Lipinski definition) is 2. The summed E-state index contributed by atoms with van der Waals surface area (Å²) >= 11 is 0. The summed E-state index contributed by atoms with van der Waals surface area (Å²) in [6.07, 6.45) is 11.5. The molecule has 1 aliphatic carbocycles. The first-order valence-corrected chi connectivity index (χ1v) is 11.1. The Hall–Kier alpha value is -2.90. The molecule has 0 radical (unpaired) electrons. The average Bonchev–Trinajstić information content (AvgIpc) is 3.48. The van der Waals surface area contributed by atoms with Gasteiger partial charge < -0.3 is 14.8 Å². The third-order valence-corrected chi connectivity index (χ3v) is 5.81. The van der Waals surface area contributed by atoms with E-state index in [1.54, 1.807) is 12.4 Å². The smallest absolute Gasteiger partial charge is 0.434 e. The summed E-state index contributed by atoms with van der Waals surface area (Å²) < 4.78 is 11.6. The summed E-state index contributed by atoms with van der Waals surface area (Å²) in [4.78, 5) is 24.1. The third kappa shape index (κ3) is 5.62. The van der Waals surface area contributed by atoms with Gasteiger partial charge in [-0.25, -0.2) is 4.79 Å². The van der Waals surface area contributed by atoms with Crippen molar-refractivity contribution in [2.75, 3.05) is 6.61 Å². The molecule has 8 heteroatoms. The molecule has 8 nitrogen and oxygen atoms in total. The number of carbonyl (C=O) groups excluding carboxylic acids is 2. The summed E-state index contributed by atoms with van der Waals surface area (Å²) in [5.41, 5.74) is 2.82. The number of carbonyl (C=O) groups is 2. The molecule has 1 aliphatic heterocycles. The molecular weight excluding hydrogens is 396 g/mol. The van der Waals surface area contributed by atoms with Gasteiger partial charge in [0.15, 0.2) is 0 Å². The first-order chi connectivity index (χ1) is 14.9. The molecule has 2 heterocycles. The number of hydrogen-bond acceptors (Lipinski definition) is 6.